The van der Waals surface area contributed by atoms with Gasteiger partial charge in [0.1, 0.15) is 0 Å². The Hall–Kier alpha value is -1.42. The Morgan fingerprint density at radius 3 is 2.72 bits per heavy atom. The van der Waals surface area contributed by atoms with Gasteiger partial charge in [-0.2, -0.15) is 0 Å². The van der Waals surface area contributed by atoms with Crippen molar-refractivity contribution in [1.82, 2.24) is 10.3 Å². The Labute approximate surface area is 108 Å². The predicted octanol–water partition coefficient (Wildman–Crippen LogP) is 1.92. The molecule has 1 aromatic heterocycles. The van der Waals surface area contributed by atoms with Gasteiger partial charge >= 0.3 is 0 Å². The number of aryl methyl sites for hydroxylation is 1. The lowest BCUT2D eigenvalue weighted by Gasteiger charge is -2.29. The first-order chi connectivity index (χ1) is 8.36. The summed E-state index contributed by atoms with van der Waals surface area (Å²) in [6.45, 7) is 7.85. The second-order valence-electron chi connectivity index (χ2n) is 5.04. The summed E-state index contributed by atoms with van der Waals surface area (Å²) in [7, 11) is 0. The van der Waals surface area contributed by atoms with Crippen LogP contribution in [-0.2, 0) is 0 Å². The zero-order valence-corrected chi connectivity index (χ0v) is 11.5. The zero-order valence-electron chi connectivity index (χ0n) is 11.5. The van der Waals surface area contributed by atoms with E-state index in [9.17, 15) is 9.90 Å². The topological polar surface area (TPSA) is 62.2 Å². The number of carbonyl (C=O) groups excluding carboxylic acids is 1. The highest BCUT2D eigenvalue weighted by atomic mass is 16.3. The molecule has 1 amide bonds. The van der Waals surface area contributed by atoms with Gasteiger partial charge in [0.2, 0.25) is 0 Å². The monoisotopic (exact) mass is 250 g/mol. The number of nitrogens with one attached hydrogen (secondary N) is 1. The highest BCUT2D eigenvalue weighted by Crippen LogP contribution is 2.18. The summed E-state index contributed by atoms with van der Waals surface area (Å²) in [5.74, 6) is -0.0694. The van der Waals surface area contributed by atoms with Crippen LogP contribution in [0.3, 0.4) is 0 Å². The van der Waals surface area contributed by atoms with Gasteiger partial charge in [0.15, 0.2) is 0 Å². The molecular weight excluding hydrogens is 228 g/mol. The maximum Gasteiger partial charge on any atom is 0.252 e. The summed E-state index contributed by atoms with van der Waals surface area (Å²) in [5, 5.41) is 12.9. The summed E-state index contributed by atoms with van der Waals surface area (Å²) in [6.07, 6.45) is 2.41. The van der Waals surface area contributed by atoms with Crippen LogP contribution in [-0.4, -0.2) is 28.1 Å². The number of nitrogens with zero attached hydrogens (tertiary/aromatic N) is 1. The lowest BCUT2D eigenvalue weighted by molar-refractivity contribution is 0.00592. The van der Waals surface area contributed by atoms with Crippen molar-refractivity contribution in [1.29, 1.82) is 0 Å². The van der Waals surface area contributed by atoms with Crippen molar-refractivity contribution in [3.8, 4) is 0 Å². The average Bonchev–Trinajstić information content (AvgIpc) is 2.35. The van der Waals surface area contributed by atoms with Crippen molar-refractivity contribution in [2.75, 3.05) is 6.54 Å². The summed E-state index contributed by atoms with van der Waals surface area (Å²) >= 11 is 0. The van der Waals surface area contributed by atoms with Gasteiger partial charge in [0.05, 0.1) is 11.2 Å². The first-order valence-electron chi connectivity index (χ1n) is 6.30. The van der Waals surface area contributed by atoms with E-state index in [-0.39, 0.29) is 18.4 Å². The van der Waals surface area contributed by atoms with Gasteiger partial charge < -0.3 is 10.4 Å². The zero-order chi connectivity index (χ0) is 13.8. The quantitative estimate of drug-likeness (QED) is 0.839. The van der Waals surface area contributed by atoms with Crippen LogP contribution in [0.4, 0.5) is 0 Å². The Morgan fingerprint density at radius 1 is 1.56 bits per heavy atom. The minimum absolute atomic E-state index is 0.133. The maximum atomic E-state index is 11.9. The van der Waals surface area contributed by atoms with E-state index < -0.39 is 5.60 Å². The van der Waals surface area contributed by atoms with Gasteiger partial charge in [-0.3, -0.25) is 9.78 Å². The smallest absolute Gasteiger partial charge is 0.252 e. The van der Waals surface area contributed by atoms with Crippen LogP contribution in [0.25, 0.3) is 0 Å². The van der Waals surface area contributed by atoms with E-state index in [4.69, 9.17) is 0 Å². The number of pyridine rings is 1. The molecule has 2 atom stereocenters. The minimum Gasteiger partial charge on any atom is -0.388 e. The molecule has 2 N–H and O–H groups in total. The summed E-state index contributed by atoms with van der Waals surface area (Å²) < 4.78 is 0. The molecule has 0 fully saturated rings. The minimum atomic E-state index is -0.886. The molecule has 18 heavy (non-hydrogen) atoms. The summed E-state index contributed by atoms with van der Waals surface area (Å²) in [5.41, 5.74) is 0.501. The molecule has 1 rings (SSSR count). The van der Waals surface area contributed by atoms with Gasteiger partial charge in [-0.15, -0.1) is 0 Å². The van der Waals surface area contributed by atoms with Crippen LogP contribution in [0.2, 0.25) is 0 Å². The third-order valence-electron chi connectivity index (χ3n) is 3.45. The van der Waals surface area contributed by atoms with Gasteiger partial charge in [0.25, 0.3) is 5.91 Å². The normalized spacial score (nSPS) is 15.8. The molecule has 0 aliphatic rings. The number of hydrogen-bond donors (Lipinski definition) is 2. The fourth-order valence-corrected chi connectivity index (χ4v) is 1.58. The molecule has 0 aliphatic carbocycles. The Bertz CT molecular complexity index is 399. The Kier molecular flexibility index (Phi) is 4.84. The fraction of sp³-hybridized carbons (Fsp3) is 0.571. The number of aliphatic hydroxyl groups is 1. The van der Waals surface area contributed by atoms with Gasteiger partial charge in [0, 0.05) is 18.4 Å². The molecule has 0 aromatic carbocycles. The molecule has 1 heterocycles. The lowest BCUT2D eigenvalue weighted by atomic mass is 9.88. The van der Waals surface area contributed by atoms with E-state index in [1.54, 1.807) is 25.3 Å². The molecule has 1 aromatic rings. The molecule has 0 bridgehead atoms. The molecule has 0 saturated carbocycles. The molecule has 0 saturated heterocycles. The van der Waals surface area contributed by atoms with Crippen molar-refractivity contribution in [3.63, 3.8) is 0 Å². The molecule has 100 valence electrons. The number of hydrogen-bond acceptors (Lipinski definition) is 3. The molecule has 4 nitrogen and oxygen atoms in total. The maximum absolute atomic E-state index is 11.9. The third-order valence-corrected chi connectivity index (χ3v) is 3.45. The van der Waals surface area contributed by atoms with Crippen LogP contribution < -0.4 is 5.32 Å². The second-order valence-corrected chi connectivity index (χ2v) is 5.04. The van der Waals surface area contributed by atoms with Crippen molar-refractivity contribution in [2.24, 2.45) is 5.92 Å². The van der Waals surface area contributed by atoms with Crippen LogP contribution >= 0.6 is 0 Å². The predicted molar refractivity (Wildman–Crippen MR) is 71.4 cm³/mol. The molecule has 2 unspecified atom stereocenters. The first-order valence-corrected chi connectivity index (χ1v) is 6.30. The van der Waals surface area contributed by atoms with Crippen molar-refractivity contribution >= 4 is 5.91 Å². The fourth-order valence-electron chi connectivity index (χ4n) is 1.58. The number of amides is 1. The summed E-state index contributed by atoms with van der Waals surface area (Å²) in [6, 6.07) is 3.53. The highest BCUT2D eigenvalue weighted by molar-refractivity contribution is 5.93. The van der Waals surface area contributed by atoms with Crippen molar-refractivity contribution in [2.45, 2.75) is 39.7 Å². The van der Waals surface area contributed by atoms with Crippen LogP contribution in [0.15, 0.2) is 18.3 Å². The van der Waals surface area contributed by atoms with Crippen LogP contribution in [0, 0.1) is 12.8 Å². The Balaban J connectivity index is 2.58. The van der Waals surface area contributed by atoms with Gasteiger partial charge in [-0.05, 0) is 31.9 Å². The molecule has 4 heteroatoms. The Morgan fingerprint density at radius 2 is 2.22 bits per heavy atom. The number of rotatable bonds is 5. The molecule has 0 aliphatic heterocycles. The van der Waals surface area contributed by atoms with Gasteiger partial charge in [-0.25, -0.2) is 0 Å². The molecule has 0 radical (unpaired) electrons. The third kappa shape index (κ3) is 3.81. The number of carbonyl (C=O) groups is 1. The first kappa shape index (κ1) is 14.6. The van der Waals surface area contributed by atoms with E-state index >= 15 is 0 Å². The van der Waals surface area contributed by atoms with Crippen LogP contribution in [0.5, 0.6) is 0 Å². The van der Waals surface area contributed by atoms with Gasteiger partial charge in [-0.1, -0.05) is 20.3 Å². The van der Waals surface area contributed by atoms with E-state index in [2.05, 4.69) is 10.3 Å². The van der Waals surface area contributed by atoms with E-state index in [1.807, 2.05) is 20.8 Å². The van der Waals surface area contributed by atoms with Crippen LogP contribution in [0.1, 0.15) is 43.2 Å². The van der Waals surface area contributed by atoms with Crippen molar-refractivity contribution in [3.05, 3.63) is 29.6 Å². The van der Waals surface area contributed by atoms with E-state index in [1.165, 1.54) is 0 Å². The standard InChI is InChI=1S/C14H22N2O2/c1-5-10(2)14(4,18)9-16-13(17)12-7-6-11(3)15-8-12/h6-8,10,18H,5,9H2,1-4H3,(H,16,17). The lowest BCUT2D eigenvalue weighted by Crippen LogP contribution is -2.45. The average molecular weight is 250 g/mol. The second kappa shape index (κ2) is 5.96. The van der Waals surface area contributed by atoms with E-state index in [0.717, 1.165) is 12.1 Å². The largest absolute Gasteiger partial charge is 0.388 e. The molecular formula is C14H22N2O2. The SMILES string of the molecule is CCC(C)C(C)(O)CNC(=O)c1ccc(C)nc1. The summed E-state index contributed by atoms with van der Waals surface area (Å²) in [4.78, 5) is 15.9. The molecule has 0 spiro atoms. The van der Waals surface area contributed by atoms with Crippen molar-refractivity contribution < 1.29 is 9.90 Å². The number of aromatic nitrogens is 1. The van der Waals surface area contributed by atoms with E-state index in [0.29, 0.717) is 5.56 Å². The highest BCUT2D eigenvalue weighted by Gasteiger charge is 2.27.